The number of hydrogen-bond donors (Lipinski definition) is 0. The Hall–Kier alpha value is -5.09. The van der Waals surface area contributed by atoms with Gasteiger partial charge in [-0.1, -0.05) is 97.1 Å². The van der Waals surface area contributed by atoms with Crippen LogP contribution in [-0.2, 0) is 13.2 Å². The van der Waals surface area contributed by atoms with Crippen LogP contribution in [0.5, 0.6) is 11.5 Å². The highest BCUT2D eigenvalue weighted by molar-refractivity contribution is 5.84. The Kier molecular flexibility index (Phi) is 6.91. The van der Waals surface area contributed by atoms with Crippen LogP contribution < -0.4 is 14.9 Å². The summed E-state index contributed by atoms with van der Waals surface area (Å²) in [5.74, 6) is 1.67. The second kappa shape index (κ2) is 11.1. The smallest absolute Gasteiger partial charge is 0.193 e. The van der Waals surface area contributed by atoms with Crippen molar-refractivity contribution in [1.82, 2.24) is 0 Å². The SMILES string of the molecule is O=c1cc(-c2ccc(OCc3ccccc3)c(OCc3ccccc3)c2)oc2ccc(-c3ccccc3)cc12. The van der Waals surface area contributed by atoms with Crippen molar-refractivity contribution in [3.05, 3.63) is 155 Å². The molecule has 1 heterocycles. The van der Waals surface area contributed by atoms with Crippen molar-refractivity contribution in [2.45, 2.75) is 13.2 Å². The zero-order chi connectivity index (χ0) is 26.4. The van der Waals surface area contributed by atoms with Gasteiger partial charge in [0.15, 0.2) is 16.9 Å². The van der Waals surface area contributed by atoms with Crippen molar-refractivity contribution in [3.8, 4) is 33.9 Å². The molecular weight excluding hydrogens is 484 g/mol. The normalized spacial score (nSPS) is 10.9. The van der Waals surface area contributed by atoms with Crippen molar-refractivity contribution in [2.24, 2.45) is 0 Å². The number of hydrogen-bond acceptors (Lipinski definition) is 4. The lowest BCUT2D eigenvalue weighted by Gasteiger charge is -2.15. The summed E-state index contributed by atoms with van der Waals surface area (Å²) in [6.07, 6.45) is 0. The van der Waals surface area contributed by atoms with E-state index in [0.717, 1.165) is 27.8 Å². The summed E-state index contributed by atoms with van der Waals surface area (Å²) >= 11 is 0. The van der Waals surface area contributed by atoms with Gasteiger partial charge in [-0.3, -0.25) is 4.79 Å². The van der Waals surface area contributed by atoms with E-state index in [0.29, 0.717) is 41.4 Å². The first-order valence-electron chi connectivity index (χ1n) is 12.8. The Morgan fingerprint density at radius 1 is 0.513 bits per heavy atom. The van der Waals surface area contributed by atoms with Gasteiger partial charge in [0, 0.05) is 11.6 Å². The molecule has 0 saturated carbocycles. The molecule has 0 aliphatic rings. The summed E-state index contributed by atoms with van der Waals surface area (Å²) in [5.41, 5.74) is 5.30. The third-order valence-electron chi connectivity index (χ3n) is 6.54. The van der Waals surface area contributed by atoms with Gasteiger partial charge in [-0.05, 0) is 52.6 Å². The van der Waals surface area contributed by atoms with Gasteiger partial charge in [-0.15, -0.1) is 0 Å². The summed E-state index contributed by atoms with van der Waals surface area (Å²) in [5, 5.41) is 0.545. The lowest BCUT2D eigenvalue weighted by molar-refractivity contribution is 0.256. The average Bonchev–Trinajstić information content (AvgIpc) is 3.00. The minimum atomic E-state index is -0.0970. The van der Waals surface area contributed by atoms with Gasteiger partial charge in [0.1, 0.15) is 24.6 Å². The van der Waals surface area contributed by atoms with Gasteiger partial charge in [0.2, 0.25) is 0 Å². The van der Waals surface area contributed by atoms with E-state index < -0.39 is 0 Å². The topological polar surface area (TPSA) is 48.7 Å². The molecule has 0 N–H and O–H groups in total. The standard InChI is InChI=1S/C35H26O4/c36-31-22-34(39-32-18-16-28(20-30(31)32)27-14-8-3-9-15-27)29-17-19-33(37-23-25-10-4-1-5-11-25)35(21-29)38-24-26-12-6-2-7-13-26/h1-22H,23-24H2. The third kappa shape index (κ3) is 5.60. The summed E-state index contributed by atoms with van der Waals surface area (Å²) in [6, 6.07) is 42.8. The average molecular weight is 511 g/mol. The van der Waals surface area contributed by atoms with Crippen molar-refractivity contribution in [1.29, 1.82) is 0 Å². The molecule has 0 aliphatic carbocycles. The van der Waals surface area contributed by atoms with Gasteiger partial charge in [0.05, 0.1) is 5.39 Å². The van der Waals surface area contributed by atoms with E-state index in [9.17, 15) is 4.79 Å². The molecule has 6 aromatic rings. The van der Waals surface area contributed by atoms with Crippen LogP contribution in [0.25, 0.3) is 33.4 Å². The van der Waals surface area contributed by atoms with Crippen LogP contribution in [0.3, 0.4) is 0 Å². The number of fused-ring (bicyclic) bond motifs is 1. The first-order chi connectivity index (χ1) is 19.2. The van der Waals surface area contributed by atoms with Crippen molar-refractivity contribution in [2.75, 3.05) is 0 Å². The zero-order valence-electron chi connectivity index (χ0n) is 21.2. The lowest BCUT2D eigenvalue weighted by Crippen LogP contribution is -2.02. The first kappa shape index (κ1) is 24.3. The molecular formula is C35H26O4. The minimum absolute atomic E-state index is 0.0970. The Labute approximate surface area is 226 Å². The van der Waals surface area contributed by atoms with Crippen LogP contribution in [0.4, 0.5) is 0 Å². The fourth-order valence-electron chi connectivity index (χ4n) is 4.47. The maximum absolute atomic E-state index is 13.2. The number of rotatable bonds is 8. The molecule has 1 aromatic heterocycles. The molecule has 0 fully saturated rings. The van der Waals surface area contributed by atoms with Crippen molar-refractivity contribution < 1.29 is 13.9 Å². The molecule has 4 heteroatoms. The van der Waals surface area contributed by atoms with E-state index in [1.165, 1.54) is 6.07 Å². The predicted molar refractivity (Wildman–Crippen MR) is 155 cm³/mol. The Morgan fingerprint density at radius 2 is 1.10 bits per heavy atom. The van der Waals surface area contributed by atoms with Gasteiger partial charge < -0.3 is 13.9 Å². The molecule has 0 spiro atoms. The van der Waals surface area contributed by atoms with E-state index in [4.69, 9.17) is 13.9 Å². The first-order valence-corrected chi connectivity index (χ1v) is 12.8. The molecule has 5 aromatic carbocycles. The van der Waals surface area contributed by atoms with E-state index in [2.05, 4.69) is 0 Å². The molecule has 0 aliphatic heterocycles. The molecule has 4 nitrogen and oxygen atoms in total. The van der Waals surface area contributed by atoms with Gasteiger partial charge in [-0.25, -0.2) is 0 Å². The summed E-state index contributed by atoms with van der Waals surface area (Å²) < 4.78 is 18.6. The molecule has 39 heavy (non-hydrogen) atoms. The zero-order valence-corrected chi connectivity index (χ0v) is 21.2. The van der Waals surface area contributed by atoms with Crippen molar-refractivity contribution in [3.63, 3.8) is 0 Å². The highest BCUT2D eigenvalue weighted by atomic mass is 16.5. The molecule has 0 bridgehead atoms. The van der Waals surface area contributed by atoms with Crippen LogP contribution in [0.1, 0.15) is 11.1 Å². The Morgan fingerprint density at radius 3 is 1.77 bits per heavy atom. The molecule has 0 saturated heterocycles. The van der Waals surface area contributed by atoms with Gasteiger partial charge in [0.25, 0.3) is 0 Å². The van der Waals surface area contributed by atoms with Crippen LogP contribution in [0.2, 0.25) is 0 Å². The molecule has 0 radical (unpaired) electrons. The Balaban J connectivity index is 1.33. The summed E-state index contributed by atoms with van der Waals surface area (Å²) in [4.78, 5) is 13.2. The number of benzene rings is 5. The van der Waals surface area contributed by atoms with E-state index in [-0.39, 0.29) is 5.43 Å². The quantitative estimate of drug-likeness (QED) is 0.207. The number of ether oxygens (including phenoxy) is 2. The van der Waals surface area contributed by atoms with Crippen molar-refractivity contribution >= 4 is 11.0 Å². The van der Waals surface area contributed by atoms with Crippen LogP contribution in [-0.4, -0.2) is 0 Å². The molecule has 6 rings (SSSR count). The van der Waals surface area contributed by atoms with Gasteiger partial charge in [-0.2, -0.15) is 0 Å². The third-order valence-corrected chi connectivity index (χ3v) is 6.54. The molecule has 0 amide bonds. The minimum Gasteiger partial charge on any atom is -0.485 e. The second-order valence-corrected chi connectivity index (χ2v) is 9.26. The monoisotopic (exact) mass is 510 g/mol. The summed E-state index contributed by atoms with van der Waals surface area (Å²) in [6.45, 7) is 0.798. The van der Waals surface area contributed by atoms with Crippen LogP contribution in [0.15, 0.2) is 143 Å². The maximum atomic E-state index is 13.2. The highest BCUT2D eigenvalue weighted by Gasteiger charge is 2.13. The second-order valence-electron chi connectivity index (χ2n) is 9.26. The largest absolute Gasteiger partial charge is 0.485 e. The summed E-state index contributed by atoms with van der Waals surface area (Å²) in [7, 11) is 0. The molecule has 0 unspecified atom stereocenters. The maximum Gasteiger partial charge on any atom is 0.193 e. The van der Waals surface area contributed by atoms with Crippen LogP contribution >= 0.6 is 0 Å². The molecule has 0 atom stereocenters. The predicted octanol–water partition coefficient (Wildman–Crippen LogP) is 8.29. The van der Waals surface area contributed by atoms with E-state index in [1.807, 2.05) is 127 Å². The lowest BCUT2D eigenvalue weighted by atomic mass is 10.0. The Bertz CT molecular complexity index is 1760. The van der Waals surface area contributed by atoms with E-state index >= 15 is 0 Å². The highest BCUT2D eigenvalue weighted by Crippen LogP contribution is 2.35. The van der Waals surface area contributed by atoms with Crippen LogP contribution in [0, 0.1) is 0 Å². The fraction of sp³-hybridized carbons (Fsp3) is 0.0571. The molecule has 190 valence electrons. The van der Waals surface area contributed by atoms with E-state index in [1.54, 1.807) is 0 Å². The fourth-order valence-corrected chi connectivity index (χ4v) is 4.47. The van der Waals surface area contributed by atoms with Gasteiger partial charge >= 0.3 is 0 Å².